The summed E-state index contributed by atoms with van der Waals surface area (Å²) in [6, 6.07) is 16.8. The lowest BCUT2D eigenvalue weighted by Crippen LogP contribution is -2.31. The first kappa shape index (κ1) is 18.1. The molecule has 0 bridgehead atoms. The number of thiophene rings is 2. The molecule has 0 fully saturated rings. The molecule has 0 aliphatic rings. The third-order valence-corrected chi connectivity index (χ3v) is 5.40. The zero-order chi connectivity index (χ0) is 18.4. The Hall–Kier alpha value is -2.70. The molecule has 0 N–H and O–H groups in total. The Labute approximate surface area is 160 Å². The molecule has 0 aliphatic heterocycles. The van der Waals surface area contributed by atoms with Gasteiger partial charge in [0.2, 0.25) is 0 Å². The number of nitrogens with zero attached hydrogens (tertiary/aromatic N) is 1. The molecule has 6 heteroatoms. The molecular weight excluding hydrogens is 366 g/mol. The first-order valence-electron chi connectivity index (χ1n) is 7.93. The fraction of sp³-hybridized carbons (Fsp3) is 0.100. The second-order valence-electron chi connectivity index (χ2n) is 5.42. The van der Waals surface area contributed by atoms with Crippen LogP contribution in [0.15, 0.2) is 65.4 Å². The van der Waals surface area contributed by atoms with Gasteiger partial charge in [0.05, 0.1) is 5.57 Å². The minimum absolute atomic E-state index is 0.286. The Balaban J connectivity index is 1.70. The second-order valence-corrected chi connectivity index (χ2v) is 7.34. The molecule has 1 aromatic carbocycles. The number of benzene rings is 1. The number of ether oxygens (including phenoxy) is 1. The molecule has 4 nitrogen and oxygen atoms in total. The van der Waals surface area contributed by atoms with E-state index in [0.717, 1.165) is 15.4 Å². The molecule has 0 atom stereocenters. The first-order chi connectivity index (χ1) is 12.6. The zero-order valence-corrected chi connectivity index (χ0v) is 15.8. The number of para-hydroxylation sites is 1. The fourth-order valence-electron chi connectivity index (χ4n) is 2.28. The highest BCUT2D eigenvalue weighted by atomic mass is 32.1. The zero-order valence-electron chi connectivity index (χ0n) is 14.1. The number of rotatable bonds is 6. The van der Waals surface area contributed by atoms with Gasteiger partial charge >= 0.3 is 5.97 Å². The van der Waals surface area contributed by atoms with Crippen LogP contribution >= 0.6 is 22.7 Å². The van der Waals surface area contributed by atoms with E-state index in [0.29, 0.717) is 5.57 Å². The number of esters is 1. The summed E-state index contributed by atoms with van der Waals surface area (Å²) in [6.45, 7) is -0.308. The number of carbonyl (C=O) groups is 2. The molecule has 2 heterocycles. The maximum atomic E-state index is 12.6. The van der Waals surface area contributed by atoms with Gasteiger partial charge in [-0.15, -0.1) is 22.7 Å². The van der Waals surface area contributed by atoms with Crippen LogP contribution < -0.4 is 4.90 Å². The fourth-order valence-corrected chi connectivity index (χ4v) is 3.66. The topological polar surface area (TPSA) is 46.6 Å². The number of likely N-dealkylation sites (N-methyl/N-ethyl adjacent to an activating group) is 1. The maximum absolute atomic E-state index is 12.6. The quantitative estimate of drug-likeness (QED) is 0.463. The van der Waals surface area contributed by atoms with E-state index in [1.54, 1.807) is 13.1 Å². The highest BCUT2D eigenvalue weighted by molar-refractivity contribution is 7.12. The van der Waals surface area contributed by atoms with Crippen LogP contribution in [0.2, 0.25) is 0 Å². The van der Waals surface area contributed by atoms with E-state index in [4.69, 9.17) is 4.74 Å². The third kappa shape index (κ3) is 4.47. The molecule has 0 radical (unpaired) electrons. The van der Waals surface area contributed by atoms with Gasteiger partial charge < -0.3 is 9.64 Å². The van der Waals surface area contributed by atoms with E-state index in [-0.39, 0.29) is 12.5 Å². The molecule has 2 aromatic heterocycles. The van der Waals surface area contributed by atoms with Crippen molar-refractivity contribution < 1.29 is 14.3 Å². The number of hydrogen-bond donors (Lipinski definition) is 0. The van der Waals surface area contributed by atoms with Crippen molar-refractivity contribution in [3.05, 3.63) is 75.1 Å². The summed E-state index contributed by atoms with van der Waals surface area (Å²) in [6.07, 6.45) is 1.80. The van der Waals surface area contributed by atoms with Crippen LogP contribution in [0.3, 0.4) is 0 Å². The molecule has 0 saturated heterocycles. The van der Waals surface area contributed by atoms with Crippen LogP contribution in [-0.4, -0.2) is 25.5 Å². The van der Waals surface area contributed by atoms with Gasteiger partial charge in [0.1, 0.15) is 0 Å². The summed E-state index contributed by atoms with van der Waals surface area (Å²) in [5, 5.41) is 3.85. The van der Waals surface area contributed by atoms with E-state index >= 15 is 0 Å². The summed E-state index contributed by atoms with van der Waals surface area (Å²) in [7, 11) is 1.66. The summed E-state index contributed by atoms with van der Waals surface area (Å²) < 4.78 is 5.29. The summed E-state index contributed by atoms with van der Waals surface area (Å²) >= 11 is 3.00. The Morgan fingerprint density at radius 2 is 1.73 bits per heavy atom. The molecule has 3 rings (SSSR count). The van der Waals surface area contributed by atoms with E-state index in [9.17, 15) is 9.59 Å². The van der Waals surface area contributed by atoms with Crippen LogP contribution in [0.25, 0.3) is 11.6 Å². The largest absolute Gasteiger partial charge is 0.452 e. The van der Waals surface area contributed by atoms with Gasteiger partial charge in [-0.1, -0.05) is 30.3 Å². The molecule has 132 valence electrons. The molecule has 0 unspecified atom stereocenters. The Kier molecular flexibility index (Phi) is 5.99. The molecule has 0 spiro atoms. The van der Waals surface area contributed by atoms with Crippen LogP contribution in [0.4, 0.5) is 5.69 Å². The van der Waals surface area contributed by atoms with Crippen molar-refractivity contribution in [3.63, 3.8) is 0 Å². The average molecular weight is 383 g/mol. The van der Waals surface area contributed by atoms with Gasteiger partial charge in [-0.2, -0.15) is 0 Å². The van der Waals surface area contributed by atoms with Crippen molar-refractivity contribution in [2.75, 3.05) is 18.6 Å². The van der Waals surface area contributed by atoms with E-state index in [1.165, 1.54) is 27.6 Å². The van der Waals surface area contributed by atoms with Crippen LogP contribution in [-0.2, 0) is 14.3 Å². The summed E-state index contributed by atoms with van der Waals surface area (Å²) in [5.74, 6) is -0.790. The first-order valence-corrected chi connectivity index (χ1v) is 9.69. The summed E-state index contributed by atoms with van der Waals surface area (Å²) in [4.78, 5) is 28.1. The second kappa shape index (κ2) is 8.60. The van der Waals surface area contributed by atoms with Crippen molar-refractivity contribution in [2.45, 2.75) is 0 Å². The Bertz CT molecular complexity index is 885. The lowest BCUT2D eigenvalue weighted by atomic mass is 10.2. The molecule has 0 aliphatic carbocycles. The summed E-state index contributed by atoms with van der Waals surface area (Å²) in [5.41, 5.74) is 1.21. The minimum Gasteiger partial charge on any atom is -0.452 e. The Morgan fingerprint density at radius 3 is 2.38 bits per heavy atom. The van der Waals surface area contributed by atoms with Gasteiger partial charge in [-0.3, -0.25) is 4.79 Å². The Morgan fingerprint density at radius 1 is 1.00 bits per heavy atom. The average Bonchev–Trinajstić information content (AvgIpc) is 3.37. The smallest absolute Gasteiger partial charge is 0.340 e. The van der Waals surface area contributed by atoms with E-state index in [1.807, 2.05) is 65.4 Å². The molecule has 0 saturated carbocycles. The van der Waals surface area contributed by atoms with Crippen molar-refractivity contribution in [1.82, 2.24) is 0 Å². The SMILES string of the molecule is CN(C(=O)COC(=O)/C(=C/c1cccs1)c1cccs1)c1ccccc1. The van der Waals surface area contributed by atoms with Gasteiger partial charge in [0.25, 0.3) is 5.91 Å². The van der Waals surface area contributed by atoms with E-state index in [2.05, 4.69) is 0 Å². The van der Waals surface area contributed by atoms with Gasteiger partial charge in [0, 0.05) is 22.5 Å². The monoisotopic (exact) mass is 383 g/mol. The normalized spacial score (nSPS) is 11.2. The number of anilines is 1. The standard InChI is InChI=1S/C20H17NO3S2/c1-21(15-7-3-2-4-8-15)19(22)14-24-20(23)17(18-10-6-12-26-18)13-16-9-5-11-25-16/h2-13H,14H2,1H3/b17-13+. The molecule has 3 aromatic rings. The lowest BCUT2D eigenvalue weighted by Gasteiger charge is -2.17. The van der Waals surface area contributed by atoms with Gasteiger partial charge in [0.15, 0.2) is 6.61 Å². The predicted molar refractivity (Wildman–Crippen MR) is 107 cm³/mol. The number of amides is 1. The highest BCUT2D eigenvalue weighted by Gasteiger charge is 2.18. The third-order valence-electron chi connectivity index (χ3n) is 3.68. The predicted octanol–water partition coefficient (Wildman–Crippen LogP) is 4.56. The molecular formula is C20H17NO3S2. The van der Waals surface area contributed by atoms with Crippen molar-refractivity contribution in [3.8, 4) is 0 Å². The van der Waals surface area contributed by atoms with Crippen molar-refractivity contribution >= 4 is 51.9 Å². The molecule has 1 amide bonds. The van der Waals surface area contributed by atoms with Crippen LogP contribution in [0.1, 0.15) is 9.75 Å². The van der Waals surface area contributed by atoms with Gasteiger partial charge in [-0.05, 0) is 41.1 Å². The van der Waals surface area contributed by atoms with E-state index < -0.39 is 5.97 Å². The number of carbonyl (C=O) groups excluding carboxylic acids is 2. The maximum Gasteiger partial charge on any atom is 0.340 e. The van der Waals surface area contributed by atoms with Crippen LogP contribution in [0, 0.1) is 0 Å². The minimum atomic E-state index is -0.504. The van der Waals surface area contributed by atoms with Crippen LogP contribution in [0.5, 0.6) is 0 Å². The van der Waals surface area contributed by atoms with Gasteiger partial charge in [-0.25, -0.2) is 4.79 Å². The highest BCUT2D eigenvalue weighted by Crippen LogP contribution is 2.26. The lowest BCUT2D eigenvalue weighted by molar-refractivity contribution is -0.141. The number of hydrogen-bond acceptors (Lipinski definition) is 5. The molecule has 26 heavy (non-hydrogen) atoms. The van der Waals surface area contributed by atoms with Crippen molar-refractivity contribution in [1.29, 1.82) is 0 Å². The van der Waals surface area contributed by atoms with Crippen molar-refractivity contribution in [2.24, 2.45) is 0 Å².